The van der Waals surface area contributed by atoms with E-state index >= 15 is 0 Å². The summed E-state index contributed by atoms with van der Waals surface area (Å²) in [4.78, 5) is 22.2. The molecule has 1 amide bonds. The van der Waals surface area contributed by atoms with Gasteiger partial charge in [0.1, 0.15) is 11.5 Å². The van der Waals surface area contributed by atoms with Gasteiger partial charge in [0.05, 0.1) is 17.3 Å². The number of amides is 1. The Kier molecular flexibility index (Phi) is 7.11. The summed E-state index contributed by atoms with van der Waals surface area (Å²) in [6, 6.07) is 24.8. The lowest BCUT2D eigenvalue weighted by atomic mass is 10.0. The van der Waals surface area contributed by atoms with E-state index in [2.05, 4.69) is 50.4 Å². The van der Waals surface area contributed by atoms with Crippen LogP contribution in [0.25, 0.3) is 10.8 Å². The molecule has 2 heterocycles. The lowest BCUT2D eigenvalue weighted by Gasteiger charge is -2.39. The highest BCUT2D eigenvalue weighted by Crippen LogP contribution is 2.31. The van der Waals surface area contributed by atoms with Gasteiger partial charge in [-0.1, -0.05) is 48.5 Å². The van der Waals surface area contributed by atoms with Crippen molar-refractivity contribution in [3.05, 3.63) is 102 Å². The van der Waals surface area contributed by atoms with Crippen molar-refractivity contribution in [2.75, 3.05) is 39.3 Å². The normalized spacial score (nSPS) is 15.6. The highest BCUT2D eigenvalue weighted by atomic mass is 16.3. The second-order valence-corrected chi connectivity index (χ2v) is 9.07. The molecule has 1 aliphatic rings. The SMILES string of the molecule is O=C(NCCN1CCN(C(c2ccccc2)c2ccccn2)CC1)c1cc2cccc(O)c2cc1O. The Morgan fingerprint density at radius 1 is 0.889 bits per heavy atom. The van der Waals surface area contributed by atoms with Crippen molar-refractivity contribution in [1.29, 1.82) is 0 Å². The molecule has 1 aromatic heterocycles. The van der Waals surface area contributed by atoms with Crippen LogP contribution < -0.4 is 5.32 Å². The number of hydrogen-bond donors (Lipinski definition) is 3. The van der Waals surface area contributed by atoms with Gasteiger partial charge in [-0.3, -0.25) is 19.6 Å². The third kappa shape index (κ3) is 5.17. The predicted molar refractivity (Wildman–Crippen MR) is 140 cm³/mol. The summed E-state index contributed by atoms with van der Waals surface area (Å²) >= 11 is 0. The molecular formula is C29H30N4O3. The van der Waals surface area contributed by atoms with Gasteiger partial charge in [-0.15, -0.1) is 0 Å². The van der Waals surface area contributed by atoms with E-state index in [1.54, 1.807) is 24.3 Å². The molecule has 1 atom stereocenters. The van der Waals surface area contributed by atoms with Gasteiger partial charge in [0, 0.05) is 50.9 Å². The number of nitrogens with one attached hydrogen (secondary N) is 1. The van der Waals surface area contributed by atoms with Crippen LogP contribution in [0.2, 0.25) is 0 Å². The number of carbonyl (C=O) groups excluding carboxylic acids is 1. The maximum atomic E-state index is 12.7. The molecular weight excluding hydrogens is 452 g/mol. The molecule has 3 N–H and O–H groups in total. The van der Waals surface area contributed by atoms with Crippen molar-refractivity contribution in [3.63, 3.8) is 0 Å². The fourth-order valence-corrected chi connectivity index (χ4v) is 4.89. The maximum absolute atomic E-state index is 12.7. The summed E-state index contributed by atoms with van der Waals surface area (Å²) in [5.41, 5.74) is 2.49. The van der Waals surface area contributed by atoms with Crippen molar-refractivity contribution in [1.82, 2.24) is 20.1 Å². The smallest absolute Gasteiger partial charge is 0.255 e. The van der Waals surface area contributed by atoms with Crippen LogP contribution in [0, 0.1) is 0 Å². The molecule has 1 saturated heterocycles. The minimum absolute atomic E-state index is 0.0754. The van der Waals surface area contributed by atoms with Crippen molar-refractivity contribution >= 4 is 16.7 Å². The van der Waals surface area contributed by atoms with Gasteiger partial charge in [-0.25, -0.2) is 0 Å². The fourth-order valence-electron chi connectivity index (χ4n) is 4.89. The molecule has 184 valence electrons. The first-order valence-corrected chi connectivity index (χ1v) is 12.3. The number of aromatic hydroxyl groups is 2. The van der Waals surface area contributed by atoms with E-state index in [1.807, 2.05) is 24.4 Å². The van der Waals surface area contributed by atoms with Crippen LogP contribution in [0.1, 0.15) is 27.7 Å². The van der Waals surface area contributed by atoms with Crippen molar-refractivity contribution in [2.45, 2.75) is 6.04 Å². The van der Waals surface area contributed by atoms with E-state index in [4.69, 9.17) is 0 Å². The minimum Gasteiger partial charge on any atom is -0.507 e. The molecule has 4 aromatic rings. The average molecular weight is 483 g/mol. The van der Waals surface area contributed by atoms with Crippen LogP contribution in [0.5, 0.6) is 11.5 Å². The molecule has 0 bridgehead atoms. The van der Waals surface area contributed by atoms with Crippen LogP contribution in [-0.4, -0.2) is 70.2 Å². The number of carbonyl (C=O) groups is 1. The molecule has 0 saturated carbocycles. The number of phenols is 2. The fraction of sp³-hybridized carbons (Fsp3) is 0.241. The number of piperazine rings is 1. The van der Waals surface area contributed by atoms with Crippen LogP contribution in [0.4, 0.5) is 0 Å². The average Bonchev–Trinajstić information content (AvgIpc) is 2.91. The number of pyridine rings is 1. The first-order chi connectivity index (χ1) is 17.6. The molecule has 1 fully saturated rings. The Labute approximate surface area is 210 Å². The van der Waals surface area contributed by atoms with Crippen molar-refractivity contribution in [2.24, 2.45) is 0 Å². The molecule has 5 rings (SSSR count). The third-order valence-electron chi connectivity index (χ3n) is 6.79. The number of benzene rings is 3. The lowest BCUT2D eigenvalue weighted by Crippen LogP contribution is -2.49. The van der Waals surface area contributed by atoms with Gasteiger partial charge >= 0.3 is 0 Å². The number of hydrogen-bond acceptors (Lipinski definition) is 6. The van der Waals surface area contributed by atoms with Crippen LogP contribution in [-0.2, 0) is 0 Å². The zero-order chi connectivity index (χ0) is 24.9. The van der Waals surface area contributed by atoms with Crippen LogP contribution in [0.3, 0.4) is 0 Å². The van der Waals surface area contributed by atoms with E-state index in [-0.39, 0.29) is 29.0 Å². The predicted octanol–water partition coefficient (Wildman–Crippen LogP) is 3.78. The molecule has 0 spiro atoms. The number of rotatable bonds is 7. The quantitative estimate of drug-likeness (QED) is 0.372. The second-order valence-electron chi connectivity index (χ2n) is 9.07. The first kappa shape index (κ1) is 23.8. The van der Waals surface area contributed by atoms with E-state index in [1.165, 1.54) is 11.6 Å². The van der Waals surface area contributed by atoms with Gasteiger partial charge in [0.25, 0.3) is 5.91 Å². The Hall–Kier alpha value is -3.94. The summed E-state index contributed by atoms with van der Waals surface area (Å²) in [5, 5.41) is 24.4. The summed E-state index contributed by atoms with van der Waals surface area (Å²) < 4.78 is 0. The lowest BCUT2D eigenvalue weighted by molar-refractivity contribution is 0.0917. The van der Waals surface area contributed by atoms with Crippen molar-refractivity contribution < 1.29 is 15.0 Å². The van der Waals surface area contributed by atoms with Gasteiger partial charge < -0.3 is 15.5 Å². The molecule has 0 radical (unpaired) electrons. The largest absolute Gasteiger partial charge is 0.507 e. The molecule has 7 heteroatoms. The maximum Gasteiger partial charge on any atom is 0.255 e. The molecule has 1 unspecified atom stereocenters. The Morgan fingerprint density at radius 3 is 2.42 bits per heavy atom. The molecule has 1 aliphatic heterocycles. The van der Waals surface area contributed by atoms with E-state index in [0.29, 0.717) is 17.3 Å². The zero-order valence-corrected chi connectivity index (χ0v) is 20.0. The summed E-state index contributed by atoms with van der Waals surface area (Å²) in [6.07, 6.45) is 1.85. The Bertz CT molecular complexity index is 1280. The molecule has 0 aliphatic carbocycles. The number of aromatic nitrogens is 1. The van der Waals surface area contributed by atoms with Gasteiger partial charge in [0.15, 0.2) is 0 Å². The third-order valence-corrected chi connectivity index (χ3v) is 6.79. The zero-order valence-electron chi connectivity index (χ0n) is 20.0. The Balaban J connectivity index is 1.17. The summed E-state index contributed by atoms with van der Waals surface area (Å²) in [7, 11) is 0. The topological polar surface area (TPSA) is 88.9 Å². The monoisotopic (exact) mass is 482 g/mol. The second kappa shape index (κ2) is 10.8. The number of phenolic OH excluding ortho intramolecular Hbond substituents is 2. The summed E-state index contributed by atoms with van der Waals surface area (Å²) in [5.74, 6) is -0.390. The Morgan fingerprint density at radius 2 is 1.67 bits per heavy atom. The number of fused-ring (bicyclic) bond motifs is 1. The van der Waals surface area contributed by atoms with Gasteiger partial charge in [-0.05, 0) is 41.3 Å². The molecule has 7 nitrogen and oxygen atoms in total. The highest BCUT2D eigenvalue weighted by molar-refractivity contribution is 6.02. The minimum atomic E-state index is -0.323. The molecule has 3 aromatic carbocycles. The van der Waals surface area contributed by atoms with Gasteiger partial charge in [-0.2, -0.15) is 0 Å². The van der Waals surface area contributed by atoms with Crippen LogP contribution >= 0.6 is 0 Å². The van der Waals surface area contributed by atoms with Crippen LogP contribution in [0.15, 0.2) is 85.1 Å². The van der Waals surface area contributed by atoms with E-state index < -0.39 is 0 Å². The standard InChI is InChI=1S/C29H30N4O3/c34-26-11-6-9-22-19-24(27(35)20-23(22)26)29(36)31-13-14-32-15-17-33(18-16-32)28(21-7-2-1-3-8-21)25-10-4-5-12-30-25/h1-12,19-20,28,34-35H,13-18H2,(H,31,36). The van der Waals surface area contributed by atoms with E-state index in [0.717, 1.165) is 38.4 Å². The van der Waals surface area contributed by atoms with E-state index in [9.17, 15) is 15.0 Å². The molecule has 36 heavy (non-hydrogen) atoms. The van der Waals surface area contributed by atoms with Gasteiger partial charge in [0.2, 0.25) is 0 Å². The number of nitrogens with zero attached hydrogens (tertiary/aromatic N) is 3. The van der Waals surface area contributed by atoms with Crippen molar-refractivity contribution in [3.8, 4) is 11.5 Å². The first-order valence-electron chi connectivity index (χ1n) is 12.3. The highest BCUT2D eigenvalue weighted by Gasteiger charge is 2.27. The summed E-state index contributed by atoms with van der Waals surface area (Å²) in [6.45, 7) is 4.81.